The van der Waals surface area contributed by atoms with Crippen LogP contribution in [0.5, 0.6) is 0 Å². The number of rotatable bonds is 4. The maximum Gasteiger partial charge on any atom is 0.243 e. The molecule has 0 amide bonds. The predicted molar refractivity (Wildman–Crippen MR) is 46.9 cm³/mol. The Labute approximate surface area is 77.3 Å². The Kier molecular flexibility index (Phi) is 3.39. The van der Waals surface area contributed by atoms with E-state index in [4.69, 9.17) is 15.0 Å². The molecule has 2 N–H and O–H groups in total. The van der Waals surface area contributed by atoms with Crippen LogP contribution in [0.3, 0.4) is 0 Å². The third-order valence-electron chi connectivity index (χ3n) is 1.79. The Morgan fingerprint density at radius 3 is 2.69 bits per heavy atom. The van der Waals surface area contributed by atoms with Crippen molar-refractivity contribution in [1.82, 2.24) is 10.1 Å². The van der Waals surface area contributed by atoms with Crippen molar-refractivity contribution in [1.29, 1.82) is 0 Å². The molecule has 0 spiro atoms. The van der Waals surface area contributed by atoms with Crippen molar-refractivity contribution in [3.05, 3.63) is 11.7 Å². The first kappa shape index (κ1) is 10.1. The quantitative estimate of drug-likeness (QED) is 0.762. The molecule has 0 aromatic carbocycles. The van der Waals surface area contributed by atoms with Crippen molar-refractivity contribution < 1.29 is 9.26 Å². The molecule has 1 rings (SSSR count). The second-order valence-corrected chi connectivity index (χ2v) is 2.91. The summed E-state index contributed by atoms with van der Waals surface area (Å²) >= 11 is 0. The molecule has 13 heavy (non-hydrogen) atoms. The Balaban J connectivity index is 2.78. The fraction of sp³-hybridized carbons (Fsp3) is 0.750. The molecule has 74 valence electrons. The van der Waals surface area contributed by atoms with Crippen LogP contribution in [-0.4, -0.2) is 17.3 Å². The molecule has 1 aromatic rings. The van der Waals surface area contributed by atoms with Crippen LogP contribution < -0.4 is 5.73 Å². The zero-order valence-corrected chi connectivity index (χ0v) is 8.15. The minimum Gasteiger partial charge on any atom is -0.373 e. The van der Waals surface area contributed by atoms with Crippen molar-refractivity contribution in [2.24, 2.45) is 5.73 Å². The van der Waals surface area contributed by atoms with Crippen LogP contribution in [0.4, 0.5) is 0 Å². The first-order valence-corrected chi connectivity index (χ1v) is 4.30. The van der Waals surface area contributed by atoms with Crippen LogP contribution in [0.2, 0.25) is 0 Å². The van der Waals surface area contributed by atoms with Gasteiger partial charge in [0.1, 0.15) is 6.10 Å². The van der Waals surface area contributed by atoms with Gasteiger partial charge in [-0.15, -0.1) is 0 Å². The summed E-state index contributed by atoms with van der Waals surface area (Å²) in [7, 11) is 1.62. The smallest absolute Gasteiger partial charge is 0.243 e. The fourth-order valence-corrected chi connectivity index (χ4v) is 1.02. The number of nitrogens with two attached hydrogens (primary N) is 1. The van der Waals surface area contributed by atoms with Gasteiger partial charge in [-0.2, -0.15) is 4.98 Å². The maximum atomic E-state index is 5.57. The maximum absolute atomic E-state index is 5.57. The molecule has 5 nitrogen and oxygen atoms in total. The molecule has 1 aromatic heterocycles. The van der Waals surface area contributed by atoms with Gasteiger partial charge in [-0.05, 0) is 13.3 Å². The number of hydrogen-bond acceptors (Lipinski definition) is 5. The number of nitrogens with zero attached hydrogens (tertiary/aromatic N) is 2. The van der Waals surface area contributed by atoms with E-state index in [1.807, 2.05) is 6.92 Å². The standard InChI is InChI=1S/C8H15N3O2/c1-4-6(12-3)7-10-8(5(2)9)13-11-7/h5-6H,4,9H2,1-3H3/t5-,6?/m0/s1. The molecule has 0 fully saturated rings. The van der Waals surface area contributed by atoms with Crippen LogP contribution in [0.25, 0.3) is 0 Å². The number of methoxy groups -OCH3 is 1. The van der Waals surface area contributed by atoms with Gasteiger partial charge in [0.2, 0.25) is 11.7 Å². The van der Waals surface area contributed by atoms with Gasteiger partial charge < -0.3 is 15.0 Å². The summed E-state index contributed by atoms with van der Waals surface area (Å²) in [5, 5.41) is 3.79. The van der Waals surface area contributed by atoms with Crippen LogP contribution in [0.15, 0.2) is 4.52 Å². The molecular weight excluding hydrogens is 170 g/mol. The molecule has 0 aliphatic heterocycles. The van der Waals surface area contributed by atoms with Crippen molar-refractivity contribution >= 4 is 0 Å². The third kappa shape index (κ3) is 2.26. The van der Waals surface area contributed by atoms with E-state index >= 15 is 0 Å². The Morgan fingerprint density at radius 2 is 2.31 bits per heavy atom. The highest BCUT2D eigenvalue weighted by Gasteiger charge is 2.17. The Morgan fingerprint density at radius 1 is 1.62 bits per heavy atom. The van der Waals surface area contributed by atoms with Gasteiger partial charge in [0.15, 0.2) is 0 Å². The average Bonchev–Trinajstić information content (AvgIpc) is 2.56. The van der Waals surface area contributed by atoms with Gasteiger partial charge in [-0.3, -0.25) is 0 Å². The van der Waals surface area contributed by atoms with Crippen LogP contribution in [0.1, 0.15) is 44.1 Å². The summed E-state index contributed by atoms with van der Waals surface area (Å²) < 4.78 is 10.1. The number of aromatic nitrogens is 2. The number of ether oxygens (including phenoxy) is 1. The normalized spacial score (nSPS) is 15.7. The third-order valence-corrected chi connectivity index (χ3v) is 1.79. The van der Waals surface area contributed by atoms with Crippen LogP contribution >= 0.6 is 0 Å². The lowest BCUT2D eigenvalue weighted by molar-refractivity contribution is 0.0903. The highest BCUT2D eigenvalue weighted by molar-refractivity contribution is 4.93. The molecule has 2 atom stereocenters. The summed E-state index contributed by atoms with van der Waals surface area (Å²) in [5.41, 5.74) is 5.57. The highest BCUT2D eigenvalue weighted by atomic mass is 16.5. The van der Waals surface area contributed by atoms with E-state index in [1.54, 1.807) is 14.0 Å². The molecule has 0 aliphatic carbocycles. The molecule has 5 heteroatoms. The summed E-state index contributed by atoms with van der Waals surface area (Å²) in [6.45, 7) is 3.79. The topological polar surface area (TPSA) is 74.2 Å². The monoisotopic (exact) mass is 185 g/mol. The zero-order chi connectivity index (χ0) is 9.84. The molecule has 0 saturated carbocycles. The SMILES string of the molecule is CCC(OC)c1noc([C@H](C)N)n1. The van der Waals surface area contributed by atoms with Crippen molar-refractivity contribution in [3.8, 4) is 0 Å². The summed E-state index contributed by atoms with van der Waals surface area (Å²) in [4.78, 5) is 4.12. The average molecular weight is 185 g/mol. The van der Waals surface area contributed by atoms with Gasteiger partial charge in [0.25, 0.3) is 0 Å². The van der Waals surface area contributed by atoms with E-state index in [-0.39, 0.29) is 12.1 Å². The van der Waals surface area contributed by atoms with Gasteiger partial charge in [-0.25, -0.2) is 0 Å². The van der Waals surface area contributed by atoms with Crippen molar-refractivity contribution in [2.75, 3.05) is 7.11 Å². The summed E-state index contributed by atoms with van der Waals surface area (Å²) in [5.74, 6) is 1.02. The largest absolute Gasteiger partial charge is 0.373 e. The lowest BCUT2D eigenvalue weighted by atomic mass is 10.2. The molecule has 0 aliphatic rings. The lowest BCUT2D eigenvalue weighted by Crippen LogP contribution is -2.06. The van der Waals surface area contributed by atoms with Gasteiger partial charge in [0.05, 0.1) is 6.04 Å². The molecular formula is C8H15N3O2. The number of hydrogen-bond donors (Lipinski definition) is 1. The second-order valence-electron chi connectivity index (χ2n) is 2.91. The lowest BCUT2D eigenvalue weighted by Gasteiger charge is -2.06. The van der Waals surface area contributed by atoms with Crippen molar-refractivity contribution in [3.63, 3.8) is 0 Å². The second kappa shape index (κ2) is 4.34. The minimum absolute atomic E-state index is 0.101. The first-order chi connectivity index (χ1) is 6.19. The Hall–Kier alpha value is -0.940. The Bertz CT molecular complexity index is 256. The summed E-state index contributed by atoms with van der Waals surface area (Å²) in [6.07, 6.45) is 0.713. The van der Waals surface area contributed by atoms with Crippen LogP contribution in [0, 0.1) is 0 Å². The predicted octanol–water partition coefficient (Wildman–Crippen LogP) is 1.19. The minimum atomic E-state index is -0.226. The summed E-state index contributed by atoms with van der Waals surface area (Å²) in [6, 6.07) is -0.226. The van der Waals surface area contributed by atoms with Crippen molar-refractivity contribution in [2.45, 2.75) is 32.4 Å². The van der Waals surface area contributed by atoms with Crippen LogP contribution in [-0.2, 0) is 4.74 Å². The van der Waals surface area contributed by atoms with Gasteiger partial charge in [0, 0.05) is 7.11 Å². The molecule has 0 saturated heterocycles. The fourth-order valence-electron chi connectivity index (χ4n) is 1.02. The first-order valence-electron chi connectivity index (χ1n) is 4.30. The van der Waals surface area contributed by atoms with Gasteiger partial charge >= 0.3 is 0 Å². The van der Waals surface area contributed by atoms with E-state index in [0.29, 0.717) is 11.7 Å². The molecule has 1 heterocycles. The van der Waals surface area contributed by atoms with Gasteiger partial charge in [-0.1, -0.05) is 12.1 Å². The molecule has 1 unspecified atom stereocenters. The van der Waals surface area contributed by atoms with E-state index in [0.717, 1.165) is 6.42 Å². The van der Waals surface area contributed by atoms with E-state index in [2.05, 4.69) is 10.1 Å². The van der Waals surface area contributed by atoms with E-state index in [1.165, 1.54) is 0 Å². The molecule has 0 radical (unpaired) electrons. The highest BCUT2D eigenvalue weighted by Crippen LogP contribution is 2.17. The molecule has 0 bridgehead atoms. The van der Waals surface area contributed by atoms with E-state index < -0.39 is 0 Å². The zero-order valence-electron chi connectivity index (χ0n) is 8.15. The van der Waals surface area contributed by atoms with E-state index in [9.17, 15) is 0 Å².